The van der Waals surface area contributed by atoms with E-state index in [0.717, 1.165) is 0 Å². The number of hydrogen-bond donors (Lipinski definition) is 3. The molecule has 1 aliphatic heterocycles. The summed E-state index contributed by atoms with van der Waals surface area (Å²) in [5.74, 6) is 0.228. The van der Waals surface area contributed by atoms with E-state index in [9.17, 15) is 9.46 Å². The molecule has 14 nitrogen and oxygen atoms in total. The number of hydrogen-bond acceptors (Lipinski definition) is 9. The number of ether oxygens (including phenoxy) is 1. The Morgan fingerprint density at radius 3 is 3.13 bits per heavy atom. The Labute approximate surface area is 169 Å². The van der Waals surface area contributed by atoms with Crippen molar-refractivity contribution in [3.63, 3.8) is 0 Å². The molecular weight excluding hydrogens is 415 g/mol. The van der Waals surface area contributed by atoms with Gasteiger partial charge in [0.25, 0.3) is 0 Å². The Bertz CT molecular complexity index is 1130. The van der Waals surface area contributed by atoms with Crippen molar-refractivity contribution in [2.24, 2.45) is 5.11 Å². The lowest BCUT2D eigenvalue weighted by Gasteiger charge is -2.19. The number of fused-ring (bicyclic) bond motifs is 1. The van der Waals surface area contributed by atoms with Crippen LogP contribution in [0.2, 0.25) is 0 Å². The van der Waals surface area contributed by atoms with Crippen LogP contribution in [0.3, 0.4) is 0 Å². The summed E-state index contributed by atoms with van der Waals surface area (Å²) >= 11 is 0. The predicted octanol–water partition coefficient (Wildman–Crippen LogP) is 2.00. The maximum absolute atomic E-state index is 12.3. The fourth-order valence-corrected chi connectivity index (χ4v) is 3.98. The number of nitrogens with zero attached hydrogens (tertiary/aromatic N) is 8. The number of azide groups is 1. The van der Waals surface area contributed by atoms with Crippen LogP contribution in [-0.2, 0) is 13.8 Å². The van der Waals surface area contributed by atoms with E-state index in [1.807, 2.05) is 0 Å². The zero-order chi connectivity index (χ0) is 21.1. The molecule has 0 saturated carbocycles. The number of nitrogens with two attached hydrogens (primary N) is 1. The zero-order valence-electron chi connectivity index (χ0n) is 15.4. The van der Waals surface area contributed by atoms with Gasteiger partial charge in [0.2, 0.25) is 0 Å². The Morgan fingerprint density at radius 2 is 2.37 bits per heavy atom. The van der Waals surface area contributed by atoms with Gasteiger partial charge in [-0.1, -0.05) is 5.11 Å². The van der Waals surface area contributed by atoms with Crippen LogP contribution in [0.5, 0.6) is 0 Å². The standard InChI is InChI=1S/C15H17N10O4P/c16-14-13-15(20-7-19-14)25(8-21-13)12-4-10(22-24-17)11(29-12)6-28-30(26,27)23-9-2-1-3-18-5-9/h1-3,5,7-8,10-12H,4,6H2,(H2,16,19,20)(H2,23,26,27)/t10-,11+,12+/m0/s1. The molecule has 3 aromatic rings. The average molecular weight is 432 g/mol. The number of anilines is 2. The van der Waals surface area contributed by atoms with Gasteiger partial charge in [-0.3, -0.25) is 19.2 Å². The molecule has 0 radical (unpaired) electrons. The van der Waals surface area contributed by atoms with E-state index in [1.165, 1.54) is 25.0 Å². The van der Waals surface area contributed by atoms with Gasteiger partial charge in [-0.05, 0) is 17.7 Å². The molecule has 3 aromatic heterocycles. The van der Waals surface area contributed by atoms with Crippen molar-refractivity contribution in [2.45, 2.75) is 24.8 Å². The molecule has 0 aliphatic carbocycles. The Hall–Kier alpha value is -3.28. The van der Waals surface area contributed by atoms with Crippen molar-refractivity contribution in [1.82, 2.24) is 24.5 Å². The third-order valence-corrected chi connectivity index (χ3v) is 5.49. The molecule has 0 aromatic carbocycles. The Balaban J connectivity index is 1.48. The van der Waals surface area contributed by atoms with Crippen LogP contribution < -0.4 is 10.8 Å². The maximum Gasteiger partial charge on any atom is 0.430 e. The van der Waals surface area contributed by atoms with Gasteiger partial charge in [-0.15, -0.1) is 0 Å². The molecule has 15 heteroatoms. The molecule has 4 N–H and O–H groups in total. The lowest BCUT2D eigenvalue weighted by atomic mass is 10.1. The van der Waals surface area contributed by atoms with E-state index in [1.54, 1.807) is 16.7 Å². The summed E-state index contributed by atoms with van der Waals surface area (Å²) in [4.78, 5) is 29.0. The fraction of sp³-hybridized carbons (Fsp3) is 0.333. The Kier molecular flexibility index (Phi) is 5.48. The molecule has 30 heavy (non-hydrogen) atoms. The van der Waals surface area contributed by atoms with Crippen molar-refractivity contribution in [3.05, 3.63) is 47.6 Å². The van der Waals surface area contributed by atoms with Crippen LogP contribution in [-0.4, -0.2) is 48.1 Å². The first-order valence-corrected chi connectivity index (χ1v) is 10.3. The molecule has 4 rings (SSSR count). The SMILES string of the molecule is [N-]=[N+]=N[C@H]1C[C@H](n2cnc3c(N)ncnc32)O[C@@H]1COP(=O)(O)Nc1cccnc1. The smallest absolute Gasteiger partial charge is 0.382 e. The van der Waals surface area contributed by atoms with Gasteiger partial charge in [0, 0.05) is 17.5 Å². The van der Waals surface area contributed by atoms with Gasteiger partial charge >= 0.3 is 7.75 Å². The van der Waals surface area contributed by atoms with Gasteiger partial charge in [-0.2, -0.15) is 0 Å². The molecule has 0 bridgehead atoms. The van der Waals surface area contributed by atoms with E-state index in [0.29, 0.717) is 23.3 Å². The van der Waals surface area contributed by atoms with Crippen LogP contribution >= 0.6 is 7.75 Å². The average Bonchev–Trinajstić information content (AvgIpc) is 3.32. The van der Waals surface area contributed by atoms with Crippen LogP contribution in [0.25, 0.3) is 21.6 Å². The van der Waals surface area contributed by atoms with Gasteiger partial charge in [0.15, 0.2) is 11.5 Å². The summed E-state index contributed by atoms with van der Waals surface area (Å²) in [7, 11) is -4.20. The number of rotatable bonds is 7. The van der Waals surface area contributed by atoms with Crippen molar-refractivity contribution in [1.29, 1.82) is 0 Å². The summed E-state index contributed by atoms with van der Waals surface area (Å²) < 4.78 is 25.0. The summed E-state index contributed by atoms with van der Waals surface area (Å²) in [5.41, 5.74) is 15.9. The van der Waals surface area contributed by atoms with Crippen molar-refractivity contribution < 1.29 is 18.7 Å². The summed E-state index contributed by atoms with van der Waals surface area (Å²) in [6.45, 7) is -0.287. The molecular formula is C15H17N10O4P. The first kappa shape index (κ1) is 20.0. The molecule has 4 heterocycles. The predicted molar refractivity (Wildman–Crippen MR) is 105 cm³/mol. The molecule has 0 amide bonds. The first-order chi connectivity index (χ1) is 14.5. The molecule has 4 atom stereocenters. The molecule has 156 valence electrons. The molecule has 1 unspecified atom stereocenters. The summed E-state index contributed by atoms with van der Waals surface area (Å²) in [5, 5.41) is 6.11. The monoisotopic (exact) mass is 432 g/mol. The van der Waals surface area contributed by atoms with Gasteiger partial charge in [0.05, 0.1) is 37.0 Å². The van der Waals surface area contributed by atoms with Crippen molar-refractivity contribution in [3.8, 4) is 0 Å². The van der Waals surface area contributed by atoms with Crippen LogP contribution in [0.15, 0.2) is 42.3 Å². The topological polar surface area (TPSA) is 199 Å². The van der Waals surface area contributed by atoms with Gasteiger partial charge in [-0.25, -0.2) is 19.5 Å². The van der Waals surface area contributed by atoms with Gasteiger partial charge in [0.1, 0.15) is 18.1 Å². The van der Waals surface area contributed by atoms with Gasteiger partial charge < -0.3 is 15.4 Å². The molecule has 1 saturated heterocycles. The zero-order valence-corrected chi connectivity index (χ0v) is 16.3. The quantitative estimate of drug-likeness (QED) is 0.215. The van der Waals surface area contributed by atoms with Crippen LogP contribution in [0.4, 0.5) is 11.5 Å². The van der Waals surface area contributed by atoms with Crippen molar-refractivity contribution >= 4 is 30.4 Å². The number of nitrogen functional groups attached to an aromatic ring is 1. The molecule has 0 spiro atoms. The van der Waals surface area contributed by atoms with E-state index in [-0.39, 0.29) is 12.4 Å². The third-order valence-electron chi connectivity index (χ3n) is 4.45. The second kappa shape index (κ2) is 8.22. The number of nitrogens with one attached hydrogen (secondary N) is 1. The Morgan fingerprint density at radius 1 is 1.50 bits per heavy atom. The third kappa shape index (κ3) is 4.17. The van der Waals surface area contributed by atoms with Crippen LogP contribution in [0, 0.1) is 0 Å². The highest BCUT2D eigenvalue weighted by Crippen LogP contribution is 2.43. The summed E-state index contributed by atoms with van der Waals surface area (Å²) in [6, 6.07) is 2.55. The lowest BCUT2D eigenvalue weighted by molar-refractivity contribution is -0.0197. The second-order valence-corrected chi connectivity index (χ2v) is 7.91. The highest BCUT2D eigenvalue weighted by Gasteiger charge is 2.38. The normalized spacial score (nSPS) is 23.0. The number of aromatic nitrogens is 5. The van der Waals surface area contributed by atoms with E-state index < -0.39 is 26.1 Å². The van der Waals surface area contributed by atoms with E-state index in [2.05, 4.69) is 35.0 Å². The highest BCUT2D eigenvalue weighted by atomic mass is 31.2. The molecule has 1 fully saturated rings. The minimum atomic E-state index is -4.20. The largest absolute Gasteiger partial charge is 0.430 e. The molecule has 1 aliphatic rings. The number of imidazole rings is 1. The summed E-state index contributed by atoms with van der Waals surface area (Å²) in [6.07, 6.45) is 4.66. The van der Waals surface area contributed by atoms with Crippen molar-refractivity contribution in [2.75, 3.05) is 17.4 Å². The lowest BCUT2D eigenvalue weighted by Crippen LogP contribution is -2.25. The minimum Gasteiger partial charge on any atom is -0.382 e. The minimum absolute atomic E-state index is 0.228. The van der Waals surface area contributed by atoms with Crippen LogP contribution in [0.1, 0.15) is 12.6 Å². The fourth-order valence-electron chi connectivity index (χ4n) is 3.10. The van der Waals surface area contributed by atoms with E-state index in [4.69, 9.17) is 20.5 Å². The van der Waals surface area contributed by atoms with E-state index >= 15 is 0 Å². The second-order valence-electron chi connectivity index (χ2n) is 6.39. The highest BCUT2D eigenvalue weighted by molar-refractivity contribution is 7.54. The first-order valence-electron chi connectivity index (χ1n) is 8.75. The maximum atomic E-state index is 12.3. The number of pyridine rings is 1.